The Morgan fingerprint density at radius 3 is 2.59 bits per heavy atom. The van der Waals surface area contributed by atoms with Gasteiger partial charge in [0.15, 0.2) is 6.61 Å². The molecular formula is C20H26N2O4S. The third kappa shape index (κ3) is 4.13. The summed E-state index contributed by atoms with van der Waals surface area (Å²) < 4.78 is 5.18. The summed E-state index contributed by atoms with van der Waals surface area (Å²) in [7, 11) is 0. The van der Waals surface area contributed by atoms with Crippen LogP contribution in [0.5, 0.6) is 0 Å². The molecule has 2 aliphatic heterocycles. The number of nitrogens with one attached hydrogen (secondary N) is 1. The molecule has 6 nitrogen and oxygen atoms in total. The first kappa shape index (κ1) is 19.7. The summed E-state index contributed by atoms with van der Waals surface area (Å²) in [6.45, 7) is 7.98. The van der Waals surface area contributed by atoms with Gasteiger partial charge in [0.1, 0.15) is 6.04 Å². The highest BCUT2D eigenvalue weighted by Crippen LogP contribution is 2.47. The van der Waals surface area contributed by atoms with Crippen molar-refractivity contribution in [3.8, 4) is 0 Å². The van der Waals surface area contributed by atoms with E-state index >= 15 is 0 Å². The fourth-order valence-electron chi connectivity index (χ4n) is 3.48. The summed E-state index contributed by atoms with van der Waals surface area (Å²) in [5, 5.41) is 2.73. The molecule has 27 heavy (non-hydrogen) atoms. The molecule has 2 heterocycles. The summed E-state index contributed by atoms with van der Waals surface area (Å²) in [5.41, 5.74) is 1.87. The Labute approximate surface area is 164 Å². The van der Waals surface area contributed by atoms with Gasteiger partial charge in [-0.25, -0.2) is 4.79 Å². The first-order chi connectivity index (χ1) is 12.6. The number of ether oxygens (including phenoxy) is 1. The van der Waals surface area contributed by atoms with E-state index in [1.165, 1.54) is 5.56 Å². The van der Waals surface area contributed by atoms with E-state index in [1.807, 2.05) is 31.2 Å². The maximum absolute atomic E-state index is 12.4. The molecule has 2 amide bonds. The van der Waals surface area contributed by atoms with Gasteiger partial charge >= 0.3 is 5.97 Å². The number of thioether (sulfide) groups is 1. The minimum atomic E-state index is -0.603. The molecule has 0 unspecified atom stereocenters. The zero-order valence-electron chi connectivity index (χ0n) is 16.2. The van der Waals surface area contributed by atoms with Gasteiger partial charge in [0.25, 0.3) is 5.91 Å². The number of anilines is 1. The molecule has 0 saturated carbocycles. The second-order valence-corrected chi connectivity index (χ2v) is 9.75. The number of nitrogens with zero attached hydrogens (tertiary/aromatic N) is 1. The third-order valence-electron chi connectivity index (χ3n) is 5.10. The molecule has 2 saturated heterocycles. The van der Waals surface area contributed by atoms with Crippen molar-refractivity contribution in [2.24, 2.45) is 0 Å². The molecule has 1 N–H and O–H groups in total. The van der Waals surface area contributed by atoms with Gasteiger partial charge in [0.05, 0.1) is 4.87 Å². The highest BCUT2D eigenvalue weighted by atomic mass is 32.2. The van der Waals surface area contributed by atoms with Crippen LogP contribution in [0.3, 0.4) is 0 Å². The van der Waals surface area contributed by atoms with Crippen molar-refractivity contribution < 1.29 is 19.1 Å². The van der Waals surface area contributed by atoms with Crippen molar-refractivity contribution in [2.45, 2.75) is 56.9 Å². The van der Waals surface area contributed by atoms with Crippen LogP contribution in [0.2, 0.25) is 0 Å². The predicted octanol–water partition coefficient (Wildman–Crippen LogP) is 2.92. The molecule has 146 valence electrons. The van der Waals surface area contributed by atoms with Gasteiger partial charge in [0, 0.05) is 17.9 Å². The van der Waals surface area contributed by atoms with E-state index in [0.29, 0.717) is 17.9 Å². The first-order valence-corrected chi connectivity index (χ1v) is 10.1. The number of hydrogen-bond donors (Lipinski definition) is 1. The normalized spacial score (nSPS) is 24.7. The van der Waals surface area contributed by atoms with Gasteiger partial charge in [0.2, 0.25) is 5.91 Å². The van der Waals surface area contributed by atoms with E-state index < -0.39 is 17.9 Å². The van der Waals surface area contributed by atoms with Gasteiger partial charge in [-0.05, 0) is 36.5 Å². The minimum Gasteiger partial charge on any atom is -0.454 e. The molecule has 0 bridgehead atoms. The molecule has 3 rings (SSSR count). The number of benzene rings is 1. The lowest BCUT2D eigenvalue weighted by atomic mass is 9.87. The van der Waals surface area contributed by atoms with E-state index in [4.69, 9.17) is 4.74 Å². The number of hydrogen-bond acceptors (Lipinski definition) is 5. The molecule has 7 heteroatoms. The molecule has 2 fully saturated rings. The Hall–Kier alpha value is -2.02. The summed E-state index contributed by atoms with van der Waals surface area (Å²) in [6.07, 6.45) is 1.20. The lowest BCUT2D eigenvalue weighted by Gasteiger charge is -2.29. The van der Waals surface area contributed by atoms with Crippen molar-refractivity contribution in [3.05, 3.63) is 29.8 Å². The molecule has 0 aliphatic carbocycles. The number of rotatable bonds is 4. The molecule has 1 aromatic carbocycles. The Morgan fingerprint density at radius 1 is 1.30 bits per heavy atom. The SMILES string of the molecule is CC(C)(C)c1ccc(NC(=O)COC(=O)[C@H]2CS[C@@]3(C)CCC(=O)N23)cc1. The van der Waals surface area contributed by atoms with Crippen LogP contribution in [0.25, 0.3) is 0 Å². The molecule has 0 aromatic heterocycles. The van der Waals surface area contributed by atoms with Gasteiger partial charge in [-0.2, -0.15) is 0 Å². The monoisotopic (exact) mass is 390 g/mol. The predicted molar refractivity (Wildman–Crippen MR) is 105 cm³/mol. The van der Waals surface area contributed by atoms with E-state index in [1.54, 1.807) is 16.7 Å². The van der Waals surface area contributed by atoms with Crippen LogP contribution in [0.4, 0.5) is 5.69 Å². The molecule has 1 aromatic rings. The number of fused-ring (bicyclic) bond motifs is 1. The Bertz CT molecular complexity index is 756. The van der Waals surface area contributed by atoms with Crippen LogP contribution in [0.1, 0.15) is 46.1 Å². The van der Waals surface area contributed by atoms with Crippen molar-refractivity contribution in [3.63, 3.8) is 0 Å². The lowest BCUT2D eigenvalue weighted by Crippen LogP contribution is -2.47. The highest BCUT2D eigenvalue weighted by Gasteiger charge is 2.53. The van der Waals surface area contributed by atoms with E-state index in [2.05, 4.69) is 26.1 Å². The average molecular weight is 391 g/mol. The number of amides is 2. The van der Waals surface area contributed by atoms with Crippen LogP contribution in [0.15, 0.2) is 24.3 Å². The van der Waals surface area contributed by atoms with Crippen LogP contribution >= 0.6 is 11.8 Å². The van der Waals surface area contributed by atoms with Crippen LogP contribution in [-0.2, 0) is 24.5 Å². The van der Waals surface area contributed by atoms with Gasteiger partial charge in [-0.15, -0.1) is 11.8 Å². The van der Waals surface area contributed by atoms with Crippen molar-refractivity contribution in [1.29, 1.82) is 0 Å². The summed E-state index contributed by atoms with van der Waals surface area (Å²) >= 11 is 1.60. The number of carbonyl (C=O) groups is 3. The smallest absolute Gasteiger partial charge is 0.330 e. The lowest BCUT2D eigenvalue weighted by molar-refractivity contribution is -0.155. The summed E-state index contributed by atoms with van der Waals surface area (Å²) in [4.78, 5) is 37.9. The summed E-state index contributed by atoms with van der Waals surface area (Å²) in [5.74, 6) is -0.419. The van der Waals surface area contributed by atoms with E-state index in [9.17, 15) is 14.4 Å². The molecular weight excluding hydrogens is 364 g/mol. The first-order valence-electron chi connectivity index (χ1n) is 9.13. The fraction of sp³-hybridized carbons (Fsp3) is 0.550. The quantitative estimate of drug-likeness (QED) is 0.800. The number of esters is 1. The highest BCUT2D eigenvalue weighted by molar-refractivity contribution is 8.01. The van der Waals surface area contributed by atoms with Crippen molar-refractivity contribution >= 4 is 35.2 Å². The second kappa shape index (κ2) is 7.19. The van der Waals surface area contributed by atoms with Crippen LogP contribution in [0, 0.1) is 0 Å². The molecule has 2 aliphatic rings. The maximum Gasteiger partial charge on any atom is 0.330 e. The summed E-state index contributed by atoms with van der Waals surface area (Å²) in [6, 6.07) is 7.01. The standard InChI is InChI=1S/C20H26N2O4S/c1-19(2,3)13-5-7-14(8-6-13)21-16(23)11-26-18(25)15-12-27-20(4)10-9-17(24)22(15)20/h5-8,15H,9-12H2,1-4H3,(H,21,23)/t15-,20+/m1/s1. The van der Waals surface area contributed by atoms with Crippen LogP contribution in [-0.4, -0.2) is 46.0 Å². The van der Waals surface area contributed by atoms with E-state index in [-0.39, 0.29) is 22.8 Å². The zero-order valence-corrected chi connectivity index (χ0v) is 17.0. The van der Waals surface area contributed by atoms with Crippen molar-refractivity contribution in [1.82, 2.24) is 4.90 Å². The van der Waals surface area contributed by atoms with Crippen LogP contribution < -0.4 is 5.32 Å². The Morgan fingerprint density at radius 2 is 1.96 bits per heavy atom. The average Bonchev–Trinajstić information content (AvgIpc) is 3.09. The molecule has 2 atom stereocenters. The zero-order chi connectivity index (χ0) is 19.8. The Balaban J connectivity index is 1.52. The Kier molecular flexibility index (Phi) is 5.25. The third-order valence-corrected chi connectivity index (χ3v) is 6.60. The number of carbonyl (C=O) groups excluding carboxylic acids is 3. The molecule has 0 radical (unpaired) electrons. The minimum absolute atomic E-state index is 0.0205. The second-order valence-electron chi connectivity index (χ2n) is 8.25. The fourth-order valence-corrected chi connectivity index (χ4v) is 4.90. The maximum atomic E-state index is 12.4. The largest absolute Gasteiger partial charge is 0.454 e. The molecule has 0 spiro atoms. The van der Waals surface area contributed by atoms with Gasteiger partial charge in [-0.1, -0.05) is 32.9 Å². The van der Waals surface area contributed by atoms with E-state index in [0.717, 1.165) is 6.42 Å². The van der Waals surface area contributed by atoms with Crippen molar-refractivity contribution in [2.75, 3.05) is 17.7 Å². The topological polar surface area (TPSA) is 75.7 Å². The van der Waals surface area contributed by atoms with Gasteiger partial charge in [-0.3, -0.25) is 9.59 Å². The van der Waals surface area contributed by atoms with Gasteiger partial charge < -0.3 is 15.0 Å².